The summed E-state index contributed by atoms with van der Waals surface area (Å²) in [5, 5.41) is 4.09. The number of carbonyl (C=O) groups excluding carboxylic acids is 2. The molecule has 1 aromatic heterocycles. The number of amides is 1. The van der Waals surface area contributed by atoms with Gasteiger partial charge in [0, 0.05) is 10.4 Å². The first kappa shape index (κ1) is 17.0. The lowest BCUT2D eigenvalue weighted by molar-refractivity contribution is -0.141. The number of carbonyl (C=O) groups is 2. The van der Waals surface area contributed by atoms with E-state index in [9.17, 15) is 9.59 Å². The van der Waals surface area contributed by atoms with Gasteiger partial charge in [0.15, 0.2) is 5.76 Å². The molecule has 3 aromatic rings. The van der Waals surface area contributed by atoms with E-state index >= 15 is 0 Å². The first-order valence-electron chi connectivity index (χ1n) is 7.69. The lowest BCUT2D eigenvalue weighted by Crippen LogP contribution is -2.30. The fraction of sp³-hybridized carbons (Fsp3) is 0.158. The molecule has 0 saturated heterocycles. The molecule has 1 N–H and O–H groups in total. The number of furan rings is 1. The number of rotatable bonds is 5. The molecule has 0 radical (unpaired) electrons. The number of esters is 1. The van der Waals surface area contributed by atoms with Gasteiger partial charge in [-0.05, 0) is 23.8 Å². The number of ether oxygens (including phenoxy) is 1. The van der Waals surface area contributed by atoms with Crippen molar-refractivity contribution in [1.82, 2.24) is 5.32 Å². The van der Waals surface area contributed by atoms with Gasteiger partial charge in [-0.1, -0.05) is 48.0 Å². The molecule has 6 heteroatoms. The molecule has 0 spiro atoms. The van der Waals surface area contributed by atoms with Crippen LogP contribution in [-0.4, -0.2) is 19.0 Å². The second kappa shape index (κ2) is 7.40. The average Bonchev–Trinajstić information content (AvgIpc) is 3.05. The van der Waals surface area contributed by atoms with Crippen molar-refractivity contribution >= 4 is 34.4 Å². The smallest absolute Gasteiger partial charge is 0.307 e. The summed E-state index contributed by atoms with van der Waals surface area (Å²) in [6, 6.07) is 15.4. The molecule has 1 amide bonds. The Morgan fingerprint density at radius 1 is 1.16 bits per heavy atom. The zero-order valence-corrected chi connectivity index (χ0v) is 14.2. The van der Waals surface area contributed by atoms with Crippen LogP contribution in [0.1, 0.15) is 28.6 Å². The maximum atomic E-state index is 12.6. The van der Waals surface area contributed by atoms with E-state index in [1.807, 2.05) is 18.2 Å². The van der Waals surface area contributed by atoms with Crippen LogP contribution in [-0.2, 0) is 9.53 Å². The Hall–Kier alpha value is -2.79. The molecular formula is C19H16ClNO4. The third-order valence-corrected chi connectivity index (χ3v) is 4.18. The van der Waals surface area contributed by atoms with E-state index in [2.05, 4.69) is 5.32 Å². The molecule has 5 nitrogen and oxygen atoms in total. The summed E-state index contributed by atoms with van der Waals surface area (Å²) in [6.07, 6.45) is -0.0355. The first-order valence-corrected chi connectivity index (χ1v) is 8.07. The van der Waals surface area contributed by atoms with Crippen LogP contribution >= 0.6 is 11.6 Å². The number of benzene rings is 2. The second-order valence-corrected chi connectivity index (χ2v) is 5.88. The van der Waals surface area contributed by atoms with Crippen molar-refractivity contribution in [2.24, 2.45) is 0 Å². The highest BCUT2D eigenvalue weighted by Gasteiger charge is 2.23. The van der Waals surface area contributed by atoms with Crippen LogP contribution in [0, 0.1) is 0 Å². The molecule has 25 heavy (non-hydrogen) atoms. The fourth-order valence-electron chi connectivity index (χ4n) is 2.57. The minimum absolute atomic E-state index is 0.0355. The number of hydrogen-bond acceptors (Lipinski definition) is 4. The van der Waals surface area contributed by atoms with Crippen molar-refractivity contribution < 1.29 is 18.7 Å². The topological polar surface area (TPSA) is 68.5 Å². The van der Waals surface area contributed by atoms with Gasteiger partial charge in [0.25, 0.3) is 5.91 Å². The number of hydrogen-bond donors (Lipinski definition) is 1. The maximum Gasteiger partial charge on any atom is 0.307 e. The molecule has 0 aliphatic carbocycles. The second-order valence-electron chi connectivity index (χ2n) is 5.48. The van der Waals surface area contributed by atoms with Gasteiger partial charge in [-0.2, -0.15) is 0 Å². The van der Waals surface area contributed by atoms with Gasteiger partial charge in [-0.25, -0.2) is 0 Å². The number of halogens is 1. The van der Waals surface area contributed by atoms with Gasteiger partial charge in [0.2, 0.25) is 0 Å². The Kier molecular flexibility index (Phi) is 5.05. The molecule has 0 fully saturated rings. The lowest BCUT2D eigenvalue weighted by Gasteiger charge is -2.18. The molecule has 1 heterocycles. The Morgan fingerprint density at radius 2 is 1.88 bits per heavy atom. The number of methoxy groups -OCH3 is 1. The highest BCUT2D eigenvalue weighted by atomic mass is 35.5. The quantitative estimate of drug-likeness (QED) is 0.697. The van der Waals surface area contributed by atoms with E-state index in [1.54, 1.807) is 36.4 Å². The van der Waals surface area contributed by atoms with Crippen LogP contribution in [0.5, 0.6) is 0 Å². The average molecular weight is 358 g/mol. The monoisotopic (exact) mass is 357 g/mol. The third-order valence-electron chi connectivity index (χ3n) is 3.83. The third kappa shape index (κ3) is 3.83. The SMILES string of the molecule is COC(=O)C[C@H](NC(=O)c1cc2ccccc2o1)c1ccccc1Cl. The van der Waals surface area contributed by atoms with Gasteiger partial charge in [0.05, 0.1) is 19.6 Å². The fourth-order valence-corrected chi connectivity index (χ4v) is 2.84. The Balaban J connectivity index is 1.87. The molecule has 2 aromatic carbocycles. The first-order chi connectivity index (χ1) is 12.1. The van der Waals surface area contributed by atoms with Crippen LogP contribution < -0.4 is 5.32 Å². The van der Waals surface area contributed by atoms with E-state index in [0.29, 0.717) is 16.2 Å². The molecular weight excluding hydrogens is 342 g/mol. The van der Waals surface area contributed by atoms with E-state index in [0.717, 1.165) is 5.39 Å². The molecule has 0 saturated carbocycles. The predicted molar refractivity (Wildman–Crippen MR) is 94.5 cm³/mol. The zero-order chi connectivity index (χ0) is 17.8. The minimum atomic E-state index is -0.623. The summed E-state index contributed by atoms with van der Waals surface area (Å²) in [5.41, 5.74) is 1.26. The van der Waals surface area contributed by atoms with Crippen LogP contribution in [0.3, 0.4) is 0 Å². The highest BCUT2D eigenvalue weighted by molar-refractivity contribution is 6.31. The lowest BCUT2D eigenvalue weighted by atomic mass is 10.0. The van der Waals surface area contributed by atoms with Crippen molar-refractivity contribution in [1.29, 1.82) is 0 Å². The Morgan fingerprint density at radius 3 is 2.60 bits per heavy atom. The van der Waals surface area contributed by atoms with Crippen molar-refractivity contribution in [2.45, 2.75) is 12.5 Å². The highest BCUT2D eigenvalue weighted by Crippen LogP contribution is 2.26. The standard InChI is InChI=1S/C19H16ClNO4/c1-24-18(22)11-15(13-7-3-4-8-14(13)20)21-19(23)17-10-12-6-2-5-9-16(12)25-17/h2-10,15H,11H2,1H3,(H,21,23)/t15-/m0/s1. The number of fused-ring (bicyclic) bond motifs is 1. The van der Waals surface area contributed by atoms with E-state index in [-0.39, 0.29) is 12.2 Å². The van der Waals surface area contributed by atoms with Crippen molar-refractivity contribution in [3.8, 4) is 0 Å². The summed E-state index contributed by atoms with van der Waals surface area (Å²) < 4.78 is 10.3. The van der Waals surface area contributed by atoms with Gasteiger partial charge < -0.3 is 14.5 Å². The Bertz CT molecular complexity index is 885. The van der Waals surface area contributed by atoms with Gasteiger partial charge in [-0.15, -0.1) is 0 Å². The van der Waals surface area contributed by atoms with Gasteiger partial charge >= 0.3 is 5.97 Å². The zero-order valence-electron chi connectivity index (χ0n) is 13.5. The van der Waals surface area contributed by atoms with E-state index in [4.69, 9.17) is 20.8 Å². The molecule has 0 aliphatic rings. The predicted octanol–water partition coefficient (Wildman–Crippen LogP) is 4.12. The van der Waals surface area contributed by atoms with E-state index in [1.165, 1.54) is 7.11 Å². The summed E-state index contributed by atoms with van der Waals surface area (Å²) in [4.78, 5) is 24.3. The van der Waals surface area contributed by atoms with Gasteiger partial charge in [-0.3, -0.25) is 9.59 Å². The molecule has 128 valence electrons. The van der Waals surface area contributed by atoms with Crippen LogP contribution in [0.4, 0.5) is 0 Å². The summed E-state index contributed by atoms with van der Waals surface area (Å²) in [6.45, 7) is 0. The minimum Gasteiger partial charge on any atom is -0.469 e. The van der Waals surface area contributed by atoms with Crippen LogP contribution in [0.25, 0.3) is 11.0 Å². The molecule has 0 aliphatic heterocycles. The van der Waals surface area contributed by atoms with Crippen molar-refractivity contribution in [3.63, 3.8) is 0 Å². The number of para-hydroxylation sites is 1. The molecule has 3 rings (SSSR count). The molecule has 0 bridgehead atoms. The van der Waals surface area contributed by atoms with Gasteiger partial charge in [0.1, 0.15) is 5.58 Å². The largest absolute Gasteiger partial charge is 0.469 e. The van der Waals surface area contributed by atoms with Crippen molar-refractivity contribution in [2.75, 3.05) is 7.11 Å². The number of nitrogens with one attached hydrogen (secondary N) is 1. The Labute approximate surface area is 149 Å². The summed E-state index contributed by atoms with van der Waals surface area (Å²) in [5.74, 6) is -0.706. The van der Waals surface area contributed by atoms with Crippen LogP contribution in [0.2, 0.25) is 5.02 Å². The summed E-state index contributed by atoms with van der Waals surface area (Å²) >= 11 is 6.21. The van der Waals surface area contributed by atoms with Crippen LogP contribution in [0.15, 0.2) is 59.0 Å². The maximum absolute atomic E-state index is 12.6. The molecule has 0 unspecified atom stereocenters. The summed E-state index contributed by atoms with van der Waals surface area (Å²) in [7, 11) is 1.30. The van der Waals surface area contributed by atoms with E-state index < -0.39 is 17.9 Å². The molecule has 1 atom stereocenters. The van der Waals surface area contributed by atoms with Crippen molar-refractivity contribution in [3.05, 3.63) is 70.9 Å². The normalized spacial score (nSPS) is 11.9.